The van der Waals surface area contributed by atoms with Crippen LogP contribution in [0.15, 0.2) is 0 Å². The summed E-state index contributed by atoms with van der Waals surface area (Å²) in [4.78, 5) is 2.11. The van der Waals surface area contributed by atoms with Crippen LogP contribution < -0.4 is 5.73 Å². The van der Waals surface area contributed by atoms with Gasteiger partial charge >= 0.3 is 6.18 Å². The minimum Gasteiger partial charge on any atom is -0.329 e. The Balaban J connectivity index is 2.22. The zero-order valence-corrected chi connectivity index (χ0v) is 11.7. The molecule has 1 aliphatic heterocycles. The quantitative estimate of drug-likeness (QED) is 0.916. The molecule has 2 N–H and O–H groups in total. The van der Waals surface area contributed by atoms with E-state index in [1.165, 1.54) is 4.57 Å². The van der Waals surface area contributed by atoms with Crippen molar-refractivity contribution in [3.63, 3.8) is 0 Å². The Morgan fingerprint density at radius 3 is 2.50 bits per heavy atom. The molecule has 0 fully saturated rings. The number of hydrogen-bond donors (Lipinski definition) is 1. The van der Waals surface area contributed by atoms with E-state index in [9.17, 15) is 13.2 Å². The minimum atomic E-state index is -4.45. The Morgan fingerprint density at radius 1 is 1.25 bits per heavy atom. The first-order chi connectivity index (χ1) is 9.31. The normalized spacial score (nSPS) is 19.7. The van der Waals surface area contributed by atoms with Gasteiger partial charge in [0.25, 0.3) is 0 Å². The summed E-state index contributed by atoms with van der Waals surface area (Å²) < 4.78 is 39.5. The van der Waals surface area contributed by atoms with E-state index in [1.807, 2.05) is 6.92 Å². The van der Waals surface area contributed by atoms with E-state index in [4.69, 9.17) is 5.73 Å². The molecule has 1 atom stereocenters. The van der Waals surface area contributed by atoms with Gasteiger partial charge in [0.1, 0.15) is 5.82 Å². The van der Waals surface area contributed by atoms with E-state index in [2.05, 4.69) is 22.0 Å². The van der Waals surface area contributed by atoms with Crippen molar-refractivity contribution in [1.82, 2.24) is 19.7 Å². The standard InChI is InChI=1S/C12H20F3N5/c1-3-4-11(2,8-16)19-5-6-20-9(7-19)17-18-10(20)12(13,14)15/h3-8,16H2,1-2H3. The highest BCUT2D eigenvalue weighted by molar-refractivity contribution is 5.04. The second-order valence-electron chi connectivity index (χ2n) is 5.46. The summed E-state index contributed by atoms with van der Waals surface area (Å²) in [5.41, 5.74) is 5.65. The lowest BCUT2D eigenvalue weighted by Gasteiger charge is -2.42. The summed E-state index contributed by atoms with van der Waals surface area (Å²) in [6.07, 6.45) is -2.57. The Labute approximate surface area is 115 Å². The molecule has 5 nitrogen and oxygen atoms in total. The Morgan fingerprint density at radius 2 is 1.95 bits per heavy atom. The molecule has 0 aliphatic carbocycles. The van der Waals surface area contributed by atoms with Gasteiger partial charge < -0.3 is 10.3 Å². The predicted octanol–water partition coefficient (Wildman–Crippen LogP) is 1.63. The summed E-state index contributed by atoms with van der Waals surface area (Å²) in [5, 5.41) is 6.98. The van der Waals surface area contributed by atoms with Crippen LogP contribution in [0.5, 0.6) is 0 Å². The van der Waals surface area contributed by atoms with Crippen molar-refractivity contribution >= 4 is 0 Å². The smallest absolute Gasteiger partial charge is 0.329 e. The number of halogens is 3. The fraction of sp³-hybridized carbons (Fsp3) is 0.833. The highest BCUT2D eigenvalue weighted by Crippen LogP contribution is 2.31. The molecule has 114 valence electrons. The van der Waals surface area contributed by atoms with Gasteiger partial charge in [-0.3, -0.25) is 4.90 Å². The van der Waals surface area contributed by atoms with E-state index in [-0.39, 0.29) is 12.1 Å². The molecular formula is C12H20F3N5. The van der Waals surface area contributed by atoms with Crippen LogP contribution in [0.1, 0.15) is 38.3 Å². The van der Waals surface area contributed by atoms with Crippen molar-refractivity contribution in [3.05, 3.63) is 11.6 Å². The van der Waals surface area contributed by atoms with Crippen LogP contribution in [0.3, 0.4) is 0 Å². The Kier molecular flexibility index (Phi) is 4.06. The highest BCUT2D eigenvalue weighted by atomic mass is 19.4. The monoisotopic (exact) mass is 291 g/mol. The van der Waals surface area contributed by atoms with E-state index < -0.39 is 12.0 Å². The van der Waals surface area contributed by atoms with Crippen molar-refractivity contribution in [3.8, 4) is 0 Å². The van der Waals surface area contributed by atoms with Crippen LogP contribution >= 0.6 is 0 Å². The zero-order valence-electron chi connectivity index (χ0n) is 11.7. The third-order valence-corrected chi connectivity index (χ3v) is 4.00. The van der Waals surface area contributed by atoms with Crippen molar-refractivity contribution < 1.29 is 13.2 Å². The molecule has 8 heteroatoms. The van der Waals surface area contributed by atoms with Crippen LogP contribution in [0.4, 0.5) is 13.2 Å². The van der Waals surface area contributed by atoms with Gasteiger partial charge in [0.05, 0.1) is 6.54 Å². The number of aromatic nitrogens is 3. The van der Waals surface area contributed by atoms with Gasteiger partial charge in [0.15, 0.2) is 0 Å². The molecule has 2 heterocycles. The maximum absolute atomic E-state index is 12.8. The lowest BCUT2D eigenvalue weighted by atomic mass is 9.93. The average molecular weight is 291 g/mol. The van der Waals surface area contributed by atoms with E-state index in [0.717, 1.165) is 12.8 Å². The summed E-state index contributed by atoms with van der Waals surface area (Å²) in [6.45, 7) is 5.73. The van der Waals surface area contributed by atoms with Crippen LogP contribution in [0.2, 0.25) is 0 Å². The molecule has 0 saturated carbocycles. The Hall–Kier alpha value is -1.15. The first kappa shape index (κ1) is 15.2. The molecular weight excluding hydrogens is 271 g/mol. The van der Waals surface area contributed by atoms with Crippen molar-refractivity contribution in [2.24, 2.45) is 5.73 Å². The second-order valence-corrected chi connectivity index (χ2v) is 5.46. The lowest BCUT2D eigenvalue weighted by Crippen LogP contribution is -2.54. The van der Waals surface area contributed by atoms with Crippen molar-refractivity contribution in [2.45, 2.75) is 51.5 Å². The molecule has 0 saturated heterocycles. The molecule has 1 aromatic heterocycles. The van der Waals surface area contributed by atoms with Crippen molar-refractivity contribution in [2.75, 3.05) is 13.1 Å². The number of nitrogens with zero attached hydrogens (tertiary/aromatic N) is 4. The molecule has 20 heavy (non-hydrogen) atoms. The van der Waals surface area contributed by atoms with Gasteiger partial charge in [-0.05, 0) is 13.3 Å². The zero-order chi connectivity index (χ0) is 15.0. The molecule has 0 aromatic carbocycles. The third kappa shape index (κ3) is 2.67. The molecule has 1 aliphatic rings. The molecule has 1 unspecified atom stereocenters. The fourth-order valence-corrected chi connectivity index (χ4v) is 2.76. The molecule has 0 bridgehead atoms. The third-order valence-electron chi connectivity index (χ3n) is 4.00. The van der Waals surface area contributed by atoms with Gasteiger partial charge in [-0.25, -0.2) is 0 Å². The second kappa shape index (κ2) is 5.33. The topological polar surface area (TPSA) is 60.0 Å². The molecule has 0 spiro atoms. The van der Waals surface area contributed by atoms with Crippen LogP contribution in [0, 0.1) is 0 Å². The van der Waals surface area contributed by atoms with Gasteiger partial charge in [-0.2, -0.15) is 13.2 Å². The van der Waals surface area contributed by atoms with Gasteiger partial charge in [0.2, 0.25) is 5.82 Å². The average Bonchev–Trinajstić information content (AvgIpc) is 2.81. The van der Waals surface area contributed by atoms with Gasteiger partial charge in [-0.1, -0.05) is 13.3 Å². The maximum Gasteiger partial charge on any atom is 0.451 e. The summed E-state index contributed by atoms with van der Waals surface area (Å²) >= 11 is 0. The number of nitrogens with two attached hydrogens (primary N) is 1. The maximum atomic E-state index is 12.8. The number of fused-ring (bicyclic) bond motifs is 1. The first-order valence-corrected chi connectivity index (χ1v) is 6.76. The summed E-state index contributed by atoms with van der Waals surface area (Å²) in [5.74, 6) is -0.545. The fourth-order valence-electron chi connectivity index (χ4n) is 2.76. The van der Waals surface area contributed by atoms with Crippen LogP contribution in [-0.4, -0.2) is 38.3 Å². The molecule has 1 aromatic rings. The lowest BCUT2D eigenvalue weighted by molar-refractivity contribution is -0.148. The number of alkyl halides is 3. The SMILES string of the molecule is CCCC(C)(CN)N1CCn2c(nnc2C(F)(F)F)C1. The molecule has 2 rings (SSSR count). The minimum absolute atomic E-state index is 0.204. The van der Waals surface area contributed by atoms with Crippen LogP contribution in [0.25, 0.3) is 0 Å². The van der Waals surface area contributed by atoms with Crippen LogP contribution in [-0.2, 0) is 19.3 Å². The Bertz CT molecular complexity index is 470. The first-order valence-electron chi connectivity index (χ1n) is 6.76. The largest absolute Gasteiger partial charge is 0.451 e. The van der Waals surface area contributed by atoms with E-state index >= 15 is 0 Å². The van der Waals surface area contributed by atoms with Crippen molar-refractivity contribution in [1.29, 1.82) is 0 Å². The number of rotatable bonds is 4. The summed E-state index contributed by atoms with van der Waals surface area (Å²) in [6, 6.07) is 0. The summed E-state index contributed by atoms with van der Waals surface area (Å²) in [7, 11) is 0. The molecule has 0 amide bonds. The van der Waals surface area contributed by atoms with Gasteiger partial charge in [-0.15, -0.1) is 10.2 Å². The molecule has 0 radical (unpaired) electrons. The number of hydrogen-bond acceptors (Lipinski definition) is 4. The van der Waals surface area contributed by atoms with E-state index in [0.29, 0.717) is 25.5 Å². The van der Waals surface area contributed by atoms with E-state index in [1.54, 1.807) is 0 Å². The van der Waals surface area contributed by atoms with Gasteiger partial charge in [0, 0.05) is 25.2 Å². The highest BCUT2D eigenvalue weighted by Gasteiger charge is 2.41. The predicted molar refractivity (Wildman–Crippen MR) is 67.8 cm³/mol.